The first kappa shape index (κ1) is 12.1. The lowest BCUT2D eigenvalue weighted by Gasteiger charge is -2.26. The largest absolute Gasteiger partial charge is 0.481 e. The normalized spacial score (nSPS) is 29.3. The zero-order valence-corrected chi connectivity index (χ0v) is 10.3. The number of carbonyl (C=O) groups is 1. The van der Waals surface area contributed by atoms with E-state index in [1.165, 1.54) is 6.07 Å². The van der Waals surface area contributed by atoms with Crippen molar-refractivity contribution in [1.29, 1.82) is 0 Å². The molecule has 1 fully saturated rings. The molecule has 0 bridgehead atoms. The van der Waals surface area contributed by atoms with E-state index in [1.54, 1.807) is 18.2 Å². The Bertz CT molecular complexity index is 543. The van der Waals surface area contributed by atoms with Crippen LogP contribution in [0.3, 0.4) is 0 Å². The number of halogens is 1. The zero-order chi connectivity index (χ0) is 13.4. The summed E-state index contributed by atoms with van der Waals surface area (Å²) < 4.78 is 19.3. The highest BCUT2D eigenvalue weighted by Gasteiger charge is 2.39. The van der Waals surface area contributed by atoms with E-state index in [1.807, 2.05) is 0 Å². The third-order valence-electron chi connectivity index (χ3n) is 3.75. The van der Waals surface area contributed by atoms with E-state index in [0.717, 1.165) is 0 Å². The molecule has 0 aromatic heterocycles. The second-order valence-corrected chi connectivity index (χ2v) is 4.99. The molecule has 0 saturated heterocycles. The number of fused-ring (bicyclic) bond motifs is 1. The van der Waals surface area contributed by atoms with Crippen molar-refractivity contribution >= 4 is 11.9 Å². The molecule has 1 saturated carbocycles. The van der Waals surface area contributed by atoms with Gasteiger partial charge in [0.2, 0.25) is 5.90 Å². The number of hydrogen-bond acceptors (Lipinski definition) is 3. The van der Waals surface area contributed by atoms with Crippen molar-refractivity contribution in [1.82, 2.24) is 0 Å². The third-order valence-corrected chi connectivity index (χ3v) is 3.75. The molecule has 1 aromatic carbocycles. The maximum atomic E-state index is 13.7. The Morgan fingerprint density at radius 3 is 2.89 bits per heavy atom. The van der Waals surface area contributed by atoms with Crippen molar-refractivity contribution in [2.45, 2.75) is 31.4 Å². The summed E-state index contributed by atoms with van der Waals surface area (Å²) in [6.07, 6.45) is 1.61. The first-order chi connectivity index (χ1) is 9.15. The standard InChI is InChI=1S/C14H14FNO3/c15-10-4-2-1-3-9(10)13-16-11-7-8(14(17)18)5-6-12(11)19-13/h1-4,8,11-12H,5-7H2,(H,17,18). The summed E-state index contributed by atoms with van der Waals surface area (Å²) in [7, 11) is 0. The van der Waals surface area contributed by atoms with Gasteiger partial charge in [-0.2, -0.15) is 0 Å². The van der Waals surface area contributed by atoms with Gasteiger partial charge in [-0.15, -0.1) is 0 Å². The topological polar surface area (TPSA) is 58.9 Å². The van der Waals surface area contributed by atoms with E-state index < -0.39 is 5.97 Å². The van der Waals surface area contributed by atoms with Gasteiger partial charge in [0.1, 0.15) is 11.9 Å². The number of rotatable bonds is 2. The Kier molecular flexibility index (Phi) is 2.97. The second-order valence-electron chi connectivity index (χ2n) is 4.99. The van der Waals surface area contributed by atoms with Crippen LogP contribution in [0.15, 0.2) is 29.3 Å². The summed E-state index contributed by atoms with van der Waals surface area (Å²) >= 11 is 0. The Labute approximate surface area is 109 Å². The molecule has 1 aliphatic carbocycles. The molecule has 1 heterocycles. The van der Waals surface area contributed by atoms with Crippen LogP contribution in [-0.2, 0) is 9.53 Å². The molecular formula is C14H14FNO3. The van der Waals surface area contributed by atoms with Crippen molar-refractivity contribution < 1.29 is 19.0 Å². The van der Waals surface area contributed by atoms with Crippen molar-refractivity contribution in [3.63, 3.8) is 0 Å². The molecule has 0 amide bonds. The molecule has 0 spiro atoms. The number of aliphatic carboxylic acids is 1. The van der Waals surface area contributed by atoms with Crippen LogP contribution in [0, 0.1) is 11.7 Å². The average molecular weight is 263 g/mol. The number of aliphatic imine (C=N–C) groups is 1. The molecule has 0 radical (unpaired) electrons. The van der Waals surface area contributed by atoms with Crippen LogP contribution >= 0.6 is 0 Å². The van der Waals surface area contributed by atoms with Crippen LogP contribution in [0.4, 0.5) is 4.39 Å². The average Bonchev–Trinajstić information content (AvgIpc) is 2.81. The van der Waals surface area contributed by atoms with E-state index in [-0.39, 0.29) is 23.9 Å². The number of carboxylic acids is 1. The molecule has 1 N–H and O–H groups in total. The predicted molar refractivity (Wildman–Crippen MR) is 66.6 cm³/mol. The fourth-order valence-electron chi connectivity index (χ4n) is 2.71. The van der Waals surface area contributed by atoms with Crippen LogP contribution in [0.1, 0.15) is 24.8 Å². The fraction of sp³-hybridized carbons (Fsp3) is 0.429. The molecule has 3 atom stereocenters. The monoisotopic (exact) mass is 263 g/mol. The summed E-state index contributed by atoms with van der Waals surface area (Å²) in [6, 6.07) is 6.17. The molecule has 3 rings (SSSR count). The highest BCUT2D eigenvalue weighted by Crippen LogP contribution is 2.33. The highest BCUT2D eigenvalue weighted by atomic mass is 19.1. The van der Waals surface area contributed by atoms with Gasteiger partial charge in [0.25, 0.3) is 0 Å². The van der Waals surface area contributed by atoms with Gasteiger partial charge in [-0.3, -0.25) is 4.79 Å². The molecule has 1 aromatic rings. The number of ether oxygens (including phenoxy) is 1. The van der Waals surface area contributed by atoms with E-state index in [2.05, 4.69) is 4.99 Å². The van der Waals surface area contributed by atoms with E-state index in [4.69, 9.17) is 9.84 Å². The van der Waals surface area contributed by atoms with Crippen LogP contribution in [0.5, 0.6) is 0 Å². The van der Waals surface area contributed by atoms with Gasteiger partial charge in [0.05, 0.1) is 17.5 Å². The SMILES string of the molecule is O=C(O)C1CCC2OC(c3ccccc3F)=NC2C1. The molecule has 19 heavy (non-hydrogen) atoms. The van der Waals surface area contributed by atoms with Gasteiger partial charge in [-0.25, -0.2) is 9.38 Å². The van der Waals surface area contributed by atoms with Crippen molar-refractivity contribution in [3.05, 3.63) is 35.6 Å². The maximum Gasteiger partial charge on any atom is 0.306 e. The van der Waals surface area contributed by atoms with Gasteiger partial charge in [0, 0.05) is 0 Å². The summed E-state index contributed by atoms with van der Waals surface area (Å²) in [5, 5.41) is 9.04. The minimum absolute atomic E-state index is 0.106. The maximum absolute atomic E-state index is 13.7. The molecule has 3 unspecified atom stereocenters. The Morgan fingerprint density at radius 1 is 1.37 bits per heavy atom. The minimum Gasteiger partial charge on any atom is -0.481 e. The second kappa shape index (κ2) is 4.64. The lowest BCUT2D eigenvalue weighted by molar-refractivity contribution is -0.143. The summed E-state index contributed by atoms with van der Waals surface area (Å²) in [5.74, 6) is -1.21. The van der Waals surface area contributed by atoms with Gasteiger partial charge in [-0.1, -0.05) is 12.1 Å². The third kappa shape index (κ3) is 2.20. The quantitative estimate of drug-likeness (QED) is 0.890. The van der Waals surface area contributed by atoms with E-state index in [9.17, 15) is 9.18 Å². The van der Waals surface area contributed by atoms with Crippen molar-refractivity contribution in [3.8, 4) is 0 Å². The van der Waals surface area contributed by atoms with E-state index in [0.29, 0.717) is 30.7 Å². The number of nitrogens with zero attached hydrogens (tertiary/aromatic N) is 1. The molecule has 100 valence electrons. The summed E-state index contributed by atoms with van der Waals surface area (Å²) in [5.41, 5.74) is 0.351. The molecule has 4 nitrogen and oxygen atoms in total. The van der Waals surface area contributed by atoms with Crippen LogP contribution < -0.4 is 0 Å². The van der Waals surface area contributed by atoms with Gasteiger partial charge in [0.15, 0.2) is 0 Å². The van der Waals surface area contributed by atoms with Crippen LogP contribution in [0.25, 0.3) is 0 Å². The summed E-state index contributed by atoms with van der Waals surface area (Å²) in [6.45, 7) is 0. The Balaban J connectivity index is 1.82. The molecule has 2 aliphatic rings. The Morgan fingerprint density at radius 2 is 2.16 bits per heavy atom. The van der Waals surface area contributed by atoms with Gasteiger partial charge < -0.3 is 9.84 Å². The predicted octanol–water partition coefficient (Wildman–Crippen LogP) is 2.22. The molecule has 1 aliphatic heterocycles. The minimum atomic E-state index is -0.784. The van der Waals surface area contributed by atoms with Crippen LogP contribution in [-0.4, -0.2) is 29.1 Å². The first-order valence-electron chi connectivity index (χ1n) is 6.37. The summed E-state index contributed by atoms with van der Waals surface area (Å²) in [4.78, 5) is 15.4. The van der Waals surface area contributed by atoms with Crippen LogP contribution in [0.2, 0.25) is 0 Å². The first-order valence-corrected chi connectivity index (χ1v) is 6.37. The van der Waals surface area contributed by atoms with Crippen molar-refractivity contribution in [2.75, 3.05) is 0 Å². The molecular weight excluding hydrogens is 249 g/mol. The van der Waals surface area contributed by atoms with E-state index >= 15 is 0 Å². The number of benzene rings is 1. The zero-order valence-electron chi connectivity index (χ0n) is 10.3. The van der Waals surface area contributed by atoms with Gasteiger partial charge in [-0.05, 0) is 31.4 Å². The number of hydrogen-bond donors (Lipinski definition) is 1. The Hall–Kier alpha value is -1.91. The number of carboxylic acid groups (broad SMARTS) is 1. The van der Waals surface area contributed by atoms with Crippen molar-refractivity contribution in [2.24, 2.45) is 10.9 Å². The lowest BCUT2D eigenvalue weighted by Crippen LogP contribution is -2.33. The lowest BCUT2D eigenvalue weighted by atomic mass is 9.84. The molecule has 5 heteroatoms. The highest BCUT2D eigenvalue weighted by molar-refractivity contribution is 5.95. The smallest absolute Gasteiger partial charge is 0.306 e. The fourth-order valence-corrected chi connectivity index (χ4v) is 2.71. The van der Waals surface area contributed by atoms with Gasteiger partial charge >= 0.3 is 5.97 Å².